The molecule has 7 rings (SSSR count). The Labute approximate surface area is 366 Å². The average Bonchev–Trinajstić information content (AvgIpc) is 3.14. The van der Waals surface area contributed by atoms with Crippen LogP contribution in [0.15, 0.2) is 126 Å². The standard InChI is InChI=1S/C47H32BrCl7/c1-25-10-12-28(13-11-25)38-35(26-14-17-31(18-15-26)47(2,3)4)24-36(48)39(40(38)30-20-32(49)23-33(50)21-30)29-16-19-34(37(51)22-29)42-43(52)41(27-8-6-5-7-9-27)44(53)46(55)45(42)54/h5-24H,1-4H3. The number of hydrogen-bond donors (Lipinski definition) is 0. The summed E-state index contributed by atoms with van der Waals surface area (Å²) < 4.78 is 0.852. The summed E-state index contributed by atoms with van der Waals surface area (Å²) in [6, 6.07) is 40.5. The zero-order valence-corrected chi connectivity index (χ0v) is 36.9. The molecule has 0 saturated carbocycles. The second kappa shape index (κ2) is 16.1. The molecule has 55 heavy (non-hydrogen) atoms. The van der Waals surface area contributed by atoms with Crippen molar-refractivity contribution in [1.29, 1.82) is 0 Å². The molecule has 276 valence electrons. The molecule has 0 radical (unpaired) electrons. The van der Waals surface area contributed by atoms with Crippen LogP contribution in [0.5, 0.6) is 0 Å². The lowest BCUT2D eigenvalue weighted by Crippen LogP contribution is -2.10. The molecule has 0 atom stereocenters. The number of halogens is 8. The first-order valence-corrected chi connectivity index (χ1v) is 20.8. The fourth-order valence-corrected chi connectivity index (χ4v) is 9.70. The first-order valence-electron chi connectivity index (χ1n) is 17.4. The van der Waals surface area contributed by atoms with E-state index in [0.29, 0.717) is 36.8 Å². The van der Waals surface area contributed by atoms with Gasteiger partial charge in [0.1, 0.15) is 0 Å². The Morgan fingerprint density at radius 1 is 0.418 bits per heavy atom. The van der Waals surface area contributed by atoms with Crippen molar-refractivity contribution in [2.45, 2.75) is 33.1 Å². The van der Waals surface area contributed by atoms with E-state index in [1.165, 1.54) is 5.56 Å². The molecule has 7 aromatic carbocycles. The van der Waals surface area contributed by atoms with E-state index in [-0.39, 0.29) is 20.5 Å². The van der Waals surface area contributed by atoms with Crippen molar-refractivity contribution in [3.63, 3.8) is 0 Å². The van der Waals surface area contributed by atoms with Crippen molar-refractivity contribution >= 4 is 97.1 Å². The summed E-state index contributed by atoms with van der Waals surface area (Å²) in [5.74, 6) is 0. The second-order valence-electron chi connectivity index (χ2n) is 14.4. The van der Waals surface area contributed by atoms with Gasteiger partial charge in [0.25, 0.3) is 0 Å². The van der Waals surface area contributed by atoms with Gasteiger partial charge in [-0.05, 0) is 92.7 Å². The fourth-order valence-electron chi connectivity index (χ4n) is 6.92. The number of rotatable bonds is 6. The first kappa shape index (κ1) is 40.3. The maximum absolute atomic E-state index is 7.25. The van der Waals surface area contributed by atoms with E-state index < -0.39 is 0 Å². The van der Waals surface area contributed by atoms with Crippen LogP contribution in [0.3, 0.4) is 0 Å². The van der Waals surface area contributed by atoms with Crippen LogP contribution in [-0.4, -0.2) is 0 Å². The molecule has 0 nitrogen and oxygen atoms in total. The lowest BCUT2D eigenvalue weighted by atomic mass is 9.81. The van der Waals surface area contributed by atoms with Crippen LogP contribution in [0.1, 0.15) is 31.9 Å². The highest BCUT2D eigenvalue weighted by atomic mass is 79.9. The van der Waals surface area contributed by atoms with E-state index in [1.54, 1.807) is 6.07 Å². The van der Waals surface area contributed by atoms with Crippen LogP contribution in [0.2, 0.25) is 35.2 Å². The largest absolute Gasteiger partial charge is 0.0843 e. The molecule has 0 unspecified atom stereocenters. The highest BCUT2D eigenvalue weighted by molar-refractivity contribution is 9.10. The smallest absolute Gasteiger partial charge is 0.0792 e. The van der Waals surface area contributed by atoms with Gasteiger partial charge >= 0.3 is 0 Å². The Morgan fingerprint density at radius 3 is 1.58 bits per heavy atom. The molecule has 0 aliphatic rings. The monoisotopic (exact) mass is 920 g/mol. The molecule has 0 saturated heterocycles. The maximum atomic E-state index is 7.25. The predicted molar refractivity (Wildman–Crippen MR) is 245 cm³/mol. The van der Waals surface area contributed by atoms with Crippen LogP contribution < -0.4 is 0 Å². The fraction of sp³-hybridized carbons (Fsp3) is 0.106. The molecule has 0 amide bonds. The molecule has 0 aliphatic carbocycles. The SMILES string of the molecule is Cc1ccc(-c2c(-c3ccc(C(C)(C)C)cc3)cc(Br)c(-c3ccc(-c4c(Cl)c(Cl)c(Cl)c(-c5ccccc5)c4Cl)c(Cl)c3)c2-c2cc(Cl)cc(Cl)c2)cc1. The molecule has 0 spiro atoms. The summed E-state index contributed by atoms with van der Waals surface area (Å²) in [6.45, 7) is 8.73. The van der Waals surface area contributed by atoms with Crippen LogP contribution in [-0.2, 0) is 5.41 Å². The van der Waals surface area contributed by atoms with E-state index in [1.807, 2.05) is 60.7 Å². The number of benzene rings is 7. The van der Waals surface area contributed by atoms with Crippen molar-refractivity contribution < 1.29 is 0 Å². The summed E-state index contributed by atoms with van der Waals surface area (Å²) in [6.07, 6.45) is 0. The zero-order valence-electron chi connectivity index (χ0n) is 30.1. The highest BCUT2D eigenvalue weighted by Gasteiger charge is 2.27. The quantitative estimate of drug-likeness (QED) is 0.115. The Balaban J connectivity index is 1.52. The van der Waals surface area contributed by atoms with E-state index in [2.05, 4.69) is 98.2 Å². The lowest BCUT2D eigenvalue weighted by Gasteiger charge is -2.24. The highest BCUT2D eigenvalue weighted by Crippen LogP contribution is 2.54. The Kier molecular flexibility index (Phi) is 11.8. The maximum Gasteiger partial charge on any atom is 0.0792 e. The Hall–Kier alpha value is -2.95. The van der Waals surface area contributed by atoms with Gasteiger partial charge in [0.15, 0.2) is 0 Å². The third kappa shape index (κ3) is 7.98. The molecule has 7 aromatic rings. The summed E-state index contributed by atoms with van der Waals surface area (Å²) in [5.41, 5.74) is 12.5. The molecule has 0 aliphatic heterocycles. The van der Waals surface area contributed by atoms with E-state index in [9.17, 15) is 0 Å². The molecule has 0 N–H and O–H groups in total. The summed E-state index contributed by atoms with van der Waals surface area (Å²) >= 11 is 52.3. The third-order valence-electron chi connectivity index (χ3n) is 9.69. The predicted octanol–water partition coefficient (Wildman–Crippen LogP) is 18.6. The average molecular weight is 925 g/mol. The van der Waals surface area contributed by atoms with Gasteiger partial charge in [0.2, 0.25) is 0 Å². The molecule has 0 heterocycles. The molecule has 0 bridgehead atoms. The normalized spacial score (nSPS) is 11.6. The minimum absolute atomic E-state index is 0.00575. The van der Waals surface area contributed by atoms with Crippen LogP contribution in [0.25, 0.3) is 66.8 Å². The van der Waals surface area contributed by atoms with Crippen molar-refractivity contribution in [2.24, 2.45) is 0 Å². The van der Waals surface area contributed by atoms with Crippen LogP contribution in [0.4, 0.5) is 0 Å². The number of hydrogen-bond acceptors (Lipinski definition) is 0. The van der Waals surface area contributed by atoms with Gasteiger partial charge in [-0.2, -0.15) is 0 Å². The lowest BCUT2D eigenvalue weighted by molar-refractivity contribution is 0.590. The zero-order chi connectivity index (χ0) is 39.3. The van der Waals surface area contributed by atoms with Crippen LogP contribution in [0, 0.1) is 6.92 Å². The van der Waals surface area contributed by atoms with E-state index in [4.69, 9.17) is 81.2 Å². The number of aryl methyl sites for hydroxylation is 1. The first-order chi connectivity index (χ1) is 26.1. The van der Waals surface area contributed by atoms with Crippen LogP contribution >= 0.6 is 97.1 Å². The van der Waals surface area contributed by atoms with Crippen molar-refractivity contribution in [1.82, 2.24) is 0 Å². The Morgan fingerprint density at radius 2 is 0.982 bits per heavy atom. The molecule has 8 heteroatoms. The van der Waals surface area contributed by atoms with Crippen molar-refractivity contribution in [3.8, 4) is 66.8 Å². The molecular weight excluding hydrogens is 893 g/mol. The minimum atomic E-state index is 0.00575. The Bertz CT molecular complexity index is 2570. The van der Waals surface area contributed by atoms with Gasteiger partial charge in [-0.15, -0.1) is 0 Å². The summed E-state index contributed by atoms with van der Waals surface area (Å²) in [5, 5.41) is 2.48. The van der Waals surface area contributed by atoms with Gasteiger partial charge < -0.3 is 0 Å². The third-order valence-corrected chi connectivity index (χ3v) is 12.8. The van der Waals surface area contributed by atoms with Gasteiger partial charge in [-0.3, -0.25) is 0 Å². The summed E-state index contributed by atoms with van der Waals surface area (Å²) in [7, 11) is 0. The summed E-state index contributed by atoms with van der Waals surface area (Å²) in [4.78, 5) is 0. The molecular formula is C47H32BrCl7. The van der Waals surface area contributed by atoms with E-state index >= 15 is 0 Å². The van der Waals surface area contributed by atoms with E-state index in [0.717, 1.165) is 60.1 Å². The van der Waals surface area contributed by atoms with Crippen molar-refractivity contribution in [2.75, 3.05) is 0 Å². The van der Waals surface area contributed by atoms with Gasteiger partial charge in [0.05, 0.1) is 20.1 Å². The molecule has 0 fully saturated rings. The van der Waals surface area contributed by atoms with Gasteiger partial charge in [-0.1, -0.05) is 214 Å². The molecule has 0 aromatic heterocycles. The topological polar surface area (TPSA) is 0 Å². The van der Waals surface area contributed by atoms with Gasteiger partial charge in [0, 0.05) is 41.8 Å². The van der Waals surface area contributed by atoms with Crippen molar-refractivity contribution in [3.05, 3.63) is 172 Å². The van der Waals surface area contributed by atoms with Gasteiger partial charge in [-0.25, -0.2) is 0 Å². The minimum Gasteiger partial charge on any atom is -0.0843 e. The second-order valence-corrected chi connectivity index (χ2v) is 18.1.